The second-order valence-electron chi connectivity index (χ2n) is 4.93. The Morgan fingerprint density at radius 2 is 1.79 bits per heavy atom. The highest BCUT2D eigenvalue weighted by Crippen LogP contribution is 2.11. The highest BCUT2D eigenvalue weighted by atomic mass is 14.8. The summed E-state index contributed by atoms with van der Waals surface area (Å²) in [6.45, 7) is 2.24. The maximum atomic E-state index is 4.13. The molecule has 0 amide bonds. The van der Waals surface area contributed by atoms with Crippen molar-refractivity contribution in [3.05, 3.63) is 59.7 Å². The first-order valence-corrected chi connectivity index (χ1v) is 7.14. The lowest BCUT2D eigenvalue weighted by atomic mass is 10.0. The van der Waals surface area contributed by atoms with E-state index in [-0.39, 0.29) is 0 Å². The summed E-state index contributed by atoms with van der Waals surface area (Å²) in [5.74, 6) is 0. The third-order valence-corrected chi connectivity index (χ3v) is 3.30. The molecule has 2 rings (SSSR count). The Kier molecular flexibility index (Phi) is 5.54. The minimum Gasteiger partial charge on any atom is -0.234 e. The van der Waals surface area contributed by atoms with Crippen LogP contribution in [0.1, 0.15) is 43.0 Å². The zero-order chi connectivity index (χ0) is 13.3. The first kappa shape index (κ1) is 13.7. The largest absolute Gasteiger partial charge is 0.234 e. The van der Waals surface area contributed by atoms with Crippen molar-refractivity contribution in [2.45, 2.75) is 45.4 Å². The van der Waals surface area contributed by atoms with Crippen molar-refractivity contribution in [1.82, 2.24) is 9.97 Å². The molecule has 0 spiro atoms. The number of nitrogens with zero attached hydrogens (tertiary/aromatic N) is 2. The summed E-state index contributed by atoms with van der Waals surface area (Å²) in [5, 5.41) is 0. The summed E-state index contributed by atoms with van der Waals surface area (Å²) in [6, 6.07) is 11.0. The molecule has 1 radical (unpaired) electrons. The van der Waals surface area contributed by atoms with Crippen molar-refractivity contribution in [2.24, 2.45) is 0 Å². The van der Waals surface area contributed by atoms with Gasteiger partial charge in [0.15, 0.2) is 6.33 Å². The Bertz CT molecular complexity index is 480. The highest BCUT2D eigenvalue weighted by Gasteiger charge is 1.98. The van der Waals surface area contributed by atoms with Gasteiger partial charge in [-0.15, -0.1) is 0 Å². The van der Waals surface area contributed by atoms with Crippen LogP contribution in [0.5, 0.6) is 0 Å². The molecule has 1 aromatic carbocycles. The molecular formula is C17H21N2. The van der Waals surface area contributed by atoms with Crippen LogP contribution < -0.4 is 0 Å². The van der Waals surface area contributed by atoms with Gasteiger partial charge in [-0.2, -0.15) is 0 Å². The van der Waals surface area contributed by atoms with Gasteiger partial charge >= 0.3 is 0 Å². The summed E-state index contributed by atoms with van der Waals surface area (Å²) < 4.78 is 0. The van der Waals surface area contributed by atoms with Gasteiger partial charge in [0, 0.05) is 11.9 Å². The molecule has 0 unspecified atom stereocenters. The number of rotatable bonds is 7. The SMILES string of the molecule is CCCCc1cccc(CCCc2ccn[c]n2)c1. The van der Waals surface area contributed by atoms with E-state index in [1.165, 1.54) is 30.4 Å². The first-order valence-electron chi connectivity index (χ1n) is 7.14. The number of aromatic nitrogens is 2. The van der Waals surface area contributed by atoms with Crippen LogP contribution in [0.3, 0.4) is 0 Å². The first-order chi connectivity index (χ1) is 9.38. The van der Waals surface area contributed by atoms with Gasteiger partial charge in [0.1, 0.15) is 0 Å². The van der Waals surface area contributed by atoms with Crippen molar-refractivity contribution in [3.8, 4) is 0 Å². The monoisotopic (exact) mass is 253 g/mol. The van der Waals surface area contributed by atoms with E-state index in [9.17, 15) is 0 Å². The van der Waals surface area contributed by atoms with Gasteiger partial charge in [-0.3, -0.25) is 0 Å². The van der Waals surface area contributed by atoms with E-state index in [1.54, 1.807) is 6.20 Å². The fraction of sp³-hybridized carbons (Fsp3) is 0.412. The molecule has 0 N–H and O–H groups in total. The van der Waals surface area contributed by atoms with Gasteiger partial charge in [-0.25, -0.2) is 9.97 Å². The van der Waals surface area contributed by atoms with E-state index >= 15 is 0 Å². The molecule has 1 heterocycles. The third kappa shape index (κ3) is 4.82. The third-order valence-electron chi connectivity index (χ3n) is 3.30. The summed E-state index contributed by atoms with van der Waals surface area (Å²) in [7, 11) is 0. The molecule has 0 saturated carbocycles. The summed E-state index contributed by atoms with van der Waals surface area (Å²) in [6.07, 6.45) is 11.4. The predicted molar refractivity (Wildman–Crippen MR) is 77.9 cm³/mol. The lowest BCUT2D eigenvalue weighted by molar-refractivity contribution is 0.780. The van der Waals surface area contributed by atoms with Gasteiger partial charge in [-0.1, -0.05) is 37.6 Å². The molecule has 99 valence electrons. The van der Waals surface area contributed by atoms with Crippen LogP contribution in [-0.4, -0.2) is 9.97 Å². The van der Waals surface area contributed by atoms with E-state index in [4.69, 9.17) is 0 Å². The number of benzene rings is 1. The standard InChI is InChI=1S/C17H21N2/c1-2-3-6-15-7-4-8-16(13-15)9-5-10-17-11-12-18-14-19-17/h4,7-8,11-13H,2-3,5-6,9-10H2,1H3. The lowest BCUT2D eigenvalue weighted by Crippen LogP contribution is -1.94. The number of hydrogen-bond donors (Lipinski definition) is 0. The smallest absolute Gasteiger partial charge is 0.197 e. The fourth-order valence-corrected chi connectivity index (χ4v) is 2.22. The van der Waals surface area contributed by atoms with Crippen molar-refractivity contribution in [2.75, 3.05) is 0 Å². The number of hydrogen-bond acceptors (Lipinski definition) is 2. The zero-order valence-corrected chi connectivity index (χ0v) is 11.6. The Balaban J connectivity index is 1.82. The van der Waals surface area contributed by atoms with Crippen LogP contribution in [0.15, 0.2) is 36.5 Å². The molecule has 0 atom stereocenters. The van der Waals surface area contributed by atoms with Crippen molar-refractivity contribution in [3.63, 3.8) is 0 Å². The Labute approximate surface area is 115 Å². The molecule has 2 nitrogen and oxygen atoms in total. The number of unbranched alkanes of at least 4 members (excludes halogenated alkanes) is 1. The second-order valence-corrected chi connectivity index (χ2v) is 4.93. The average Bonchev–Trinajstić information content (AvgIpc) is 2.47. The minimum atomic E-state index is 0.998. The highest BCUT2D eigenvalue weighted by molar-refractivity contribution is 5.23. The molecule has 0 aliphatic carbocycles. The average molecular weight is 253 g/mol. The Hall–Kier alpha value is -1.70. The van der Waals surface area contributed by atoms with E-state index in [0.717, 1.165) is 25.0 Å². The number of aryl methyl sites for hydroxylation is 3. The Morgan fingerprint density at radius 1 is 1.00 bits per heavy atom. The van der Waals surface area contributed by atoms with E-state index in [0.29, 0.717) is 0 Å². The molecule has 0 aliphatic heterocycles. The van der Waals surface area contributed by atoms with Crippen molar-refractivity contribution < 1.29 is 0 Å². The molecule has 0 aliphatic rings. The van der Waals surface area contributed by atoms with Crippen LogP contribution in [0.2, 0.25) is 0 Å². The van der Waals surface area contributed by atoms with Crippen LogP contribution in [-0.2, 0) is 19.3 Å². The predicted octanol–water partition coefficient (Wildman–Crippen LogP) is 3.79. The maximum Gasteiger partial charge on any atom is 0.197 e. The van der Waals surface area contributed by atoms with Crippen LogP contribution in [0, 0.1) is 6.33 Å². The van der Waals surface area contributed by atoms with Crippen LogP contribution in [0.4, 0.5) is 0 Å². The van der Waals surface area contributed by atoms with E-state index in [1.807, 2.05) is 6.07 Å². The minimum absolute atomic E-state index is 0.998. The summed E-state index contributed by atoms with van der Waals surface area (Å²) >= 11 is 0. The molecule has 2 heteroatoms. The van der Waals surface area contributed by atoms with Gasteiger partial charge in [-0.05, 0) is 49.3 Å². The molecule has 0 saturated heterocycles. The second kappa shape index (κ2) is 7.67. The summed E-state index contributed by atoms with van der Waals surface area (Å²) in [4.78, 5) is 7.95. The summed E-state index contributed by atoms with van der Waals surface area (Å²) in [5.41, 5.74) is 3.98. The molecular weight excluding hydrogens is 232 g/mol. The van der Waals surface area contributed by atoms with Crippen LogP contribution in [0.25, 0.3) is 0 Å². The van der Waals surface area contributed by atoms with Gasteiger partial charge in [0.25, 0.3) is 0 Å². The van der Waals surface area contributed by atoms with E-state index < -0.39 is 0 Å². The topological polar surface area (TPSA) is 25.8 Å². The fourth-order valence-electron chi connectivity index (χ4n) is 2.22. The Morgan fingerprint density at radius 3 is 2.47 bits per heavy atom. The van der Waals surface area contributed by atoms with Crippen molar-refractivity contribution in [1.29, 1.82) is 0 Å². The lowest BCUT2D eigenvalue weighted by Gasteiger charge is -2.05. The molecule has 19 heavy (non-hydrogen) atoms. The van der Waals surface area contributed by atoms with E-state index in [2.05, 4.69) is 47.5 Å². The van der Waals surface area contributed by atoms with Crippen LogP contribution >= 0.6 is 0 Å². The zero-order valence-electron chi connectivity index (χ0n) is 11.6. The van der Waals surface area contributed by atoms with Crippen molar-refractivity contribution >= 4 is 0 Å². The molecule has 1 aromatic heterocycles. The quantitative estimate of drug-likeness (QED) is 0.750. The normalized spacial score (nSPS) is 10.6. The van der Waals surface area contributed by atoms with Gasteiger partial charge in [0.05, 0.1) is 0 Å². The maximum absolute atomic E-state index is 4.13. The molecule has 0 fully saturated rings. The molecule has 2 aromatic rings. The molecule has 0 bridgehead atoms. The van der Waals surface area contributed by atoms with Gasteiger partial charge < -0.3 is 0 Å². The van der Waals surface area contributed by atoms with Gasteiger partial charge in [0.2, 0.25) is 0 Å².